The van der Waals surface area contributed by atoms with E-state index in [1.165, 1.54) is 0 Å². The molecule has 3 rings (SSSR count). The molecule has 0 fully saturated rings. The van der Waals surface area contributed by atoms with Gasteiger partial charge in [0.25, 0.3) is 0 Å². The summed E-state index contributed by atoms with van der Waals surface area (Å²) in [6.45, 7) is 0.724. The van der Waals surface area contributed by atoms with E-state index in [-0.39, 0.29) is 0 Å². The van der Waals surface area contributed by atoms with E-state index < -0.39 is 0 Å². The molecule has 0 atom stereocenters. The van der Waals surface area contributed by atoms with Crippen molar-refractivity contribution in [1.29, 1.82) is 0 Å². The van der Waals surface area contributed by atoms with Crippen LogP contribution in [0.3, 0.4) is 0 Å². The summed E-state index contributed by atoms with van der Waals surface area (Å²) in [5, 5.41) is 4.43. The van der Waals surface area contributed by atoms with Gasteiger partial charge in [0.1, 0.15) is 0 Å². The standard InChI is InChI=1S/C15H14N4/c16-13-5-1-4-12-14(6-8-18-15(12)13)19-10-11-3-2-7-17-9-11/h1-9H,10,16H2,(H,18,19). The highest BCUT2D eigenvalue weighted by molar-refractivity contribution is 5.97. The van der Waals surface area contributed by atoms with Gasteiger partial charge in [-0.2, -0.15) is 0 Å². The summed E-state index contributed by atoms with van der Waals surface area (Å²) in [5.74, 6) is 0. The highest BCUT2D eigenvalue weighted by Gasteiger charge is 2.03. The Morgan fingerprint density at radius 1 is 1.05 bits per heavy atom. The molecule has 0 aliphatic rings. The van der Waals surface area contributed by atoms with Crippen LogP contribution in [0.5, 0.6) is 0 Å². The van der Waals surface area contributed by atoms with Crippen LogP contribution in [0.4, 0.5) is 11.4 Å². The zero-order valence-corrected chi connectivity index (χ0v) is 10.4. The smallest absolute Gasteiger partial charge is 0.0951 e. The monoisotopic (exact) mass is 250 g/mol. The first-order valence-corrected chi connectivity index (χ1v) is 6.10. The number of benzene rings is 1. The van der Waals surface area contributed by atoms with Gasteiger partial charge in [-0.05, 0) is 23.8 Å². The molecular formula is C15H14N4. The summed E-state index contributed by atoms with van der Waals surface area (Å²) in [7, 11) is 0. The van der Waals surface area contributed by atoms with E-state index >= 15 is 0 Å². The van der Waals surface area contributed by atoms with Gasteiger partial charge in [-0.15, -0.1) is 0 Å². The van der Waals surface area contributed by atoms with Gasteiger partial charge in [0.2, 0.25) is 0 Å². The van der Waals surface area contributed by atoms with Crippen LogP contribution in [-0.4, -0.2) is 9.97 Å². The molecule has 2 aromatic heterocycles. The normalized spacial score (nSPS) is 10.5. The Balaban J connectivity index is 1.91. The molecule has 94 valence electrons. The number of nitrogen functional groups attached to an aromatic ring is 1. The minimum absolute atomic E-state index is 0.697. The molecule has 0 unspecified atom stereocenters. The third-order valence-corrected chi connectivity index (χ3v) is 3.01. The van der Waals surface area contributed by atoms with E-state index in [0.29, 0.717) is 5.69 Å². The number of pyridine rings is 2. The second-order valence-electron chi connectivity index (χ2n) is 4.32. The number of nitrogens with two attached hydrogens (primary N) is 1. The molecule has 0 radical (unpaired) electrons. The Kier molecular flexibility index (Phi) is 2.98. The van der Waals surface area contributed by atoms with Crippen molar-refractivity contribution >= 4 is 22.3 Å². The zero-order chi connectivity index (χ0) is 13.1. The molecule has 19 heavy (non-hydrogen) atoms. The molecule has 4 nitrogen and oxygen atoms in total. The highest BCUT2D eigenvalue weighted by Crippen LogP contribution is 2.25. The number of hydrogen-bond acceptors (Lipinski definition) is 4. The highest BCUT2D eigenvalue weighted by atomic mass is 14.9. The van der Waals surface area contributed by atoms with Crippen LogP contribution in [0.25, 0.3) is 10.9 Å². The van der Waals surface area contributed by atoms with E-state index in [1.807, 2.05) is 42.6 Å². The molecule has 2 heterocycles. The Morgan fingerprint density at radius 2 is 2.00 bits per heavy atom. The Labute approximate surface area is 111 Å². The summed E-state index contributed by atoms with van der Waals surface area (Å²) in [5.41, 5.74) is 9.63. The fourth-order valence-electron chi connectivity index (χ4n) is 2.05. The van der Waals surface area contributed by atoms with Gasteiger partial charge < -0.3 is 11.1 Å². The second-order valence-corrected chi connectivity index (χ2v) is 4.32. The van der Waals surface area contributed by atoms with Gasteiger partial charge in [-0.1, -0.05) is 18.2 Å². The topological polar surface area (TPSA) is 63.8 Å². The zero-order valence-electron chi connectivity index (χ0n) is 10.4. The van der Waals surface area contributed by atoms with E-state index in [2.05, 4.69) is 15.3 Å². The van der Waals surface area contributed by atoms with Crippen molar-refractivity contribution in [2.75, 3.05) is 11.1 Å². The maximum absolute atomic E-state index is 5.93. The summed E-state index contributed by atoms with van der Waals surface area (Å²) < 4.78 is 0. The van der Waals surface area contributed by atoms with Gasteiger partial charge >= 0.3 is 0 Å². The third kappa shape index (κ3) is 2.33. The molecule has 1 aromatic carbocycles. The predicted molar refractivity (Wildman–Crippen MR) is 77.7 cm³/mol. The van der Waals surface area contributed by atoms with Crippen molar-refractivity contribution in [1.82, 2.24) is 9.97 Å². The second kappa shape index (κ2) is 4.94. The lowest BCUT2D eigenvalue weighted by Crippen LogP contribution is -2.01. The van der Waals surface area contributed by atoms with Gasteiger partial charge in [0.15, 0.2) is 0 Å². The summed E-state index contributed by atoms with van der Waals surface area (Å²) in [6, 6.07) is 11.7. The Bertz CT molecular complexity index is 695. The SMILES string of the molecule is Nc1cccc2c(NCc3cccnc3)ccnc12. The van der Waals surface area contributed by atoms with Crippen LogP contribution in [0, 0.1) is 0 Å². The van der Waals surface area contributed by atoms with Crippen molar-refractivity contribution in [2.45, 2.75) is 6.54 Å². The van der Waals surface area contributed by atoms with E-state index in [4.69, 9.17) is 5.73 Å². The molecule has 0 saturated heterocycles. The van der Waals surface area contributed by atoms with Crippen LogP contribution in [-0.2, 0) is 6.54 Å². The number of aromatic nitrogens is 2. The van der Waals surface area contributed by atoms with Gasteiger partial charge in [-0.25, -0.2) is 0 Å². The first-order chi connectivity index (χ1) is 9.34. The van der Waals surface area contributed by atoms with Crippen LogP contribution in [0.15, 0.2) is 55.0 Å². The van der Waals surface area contributed by atoms with E-state index in [0.717, 1.165) is 28.7 Å². The van der Waals surface area contributed by atoms with Crippen molar-refractivity contribution in [3.8, 4) is 0 Å². The fraction of sp³-hybridized carbons (Fsp3) is 0.0667. The molecular weight excluding hydrogens is 236 g/mol. The number of nitrogens with zero attached hydrogens (tertiary/aromatic N) is 2. The summed E-state index contributed by atoms with van der Waals surface area (Å²) >= 11 is 0. The number of para-hydroxylation sites is 1. The summed E-state index contributed by atoms with van der Waals surface area (Å²) in [4.78, 5) is 8.42. The maximum atomic E-state index is 5.93. The average Bonchev–Trinajstić information content (AvgIpc) is 2.47. The molecule has 4 heteroatoms. The van der Waals surface area contributed by atoms with Crippen LogP contribution in [0.2, 0.25) is 0 Å². The number of fused-ring (bicyclic) bond motifs is 1. The first-order valence-electron chi connectivity index (χ1n) is 6.10. The lowest BCUT2D eigenvalue weighted by atomic mass is 10.1. The lowest BCUT2D eigenvalue weighted by molar-refractivity contribution is 1.11. The number of rotatable bonds is 3. The maximum Gasteiger partial charge on any atom is 0.0951 e. The van der Waals surface area contributed by atoms with Crippen LogP contribution in [0.1, 0.15) is 5.56 Å². The Hall–Kier alpha value is -2.62. The van der Waals surface area contributed by atoms with Gasteiger partial charge in [0.05, 0.1) is 11.2 Å². The predicted octanol–water partition coefficient (Wildman–Crippen LogP) is 2.82. The minimum atomic E-state index is 0.697. The molecule has 3 aromatic rings. The van der Waals surface area contributed by atoms with Crippen molar-refractivity contribution in [3.63, 3.8) is 0 Å². The quantitative estimate of drug-likeness (QED) is 0.702. The fourth-order valence-corrected chi connectivity index (χ4v) is 2.05. The van der Waals surface area contributed by atoms with Gasteiger partial charge in [-0.3, -0.25) is 9.97 Å². The largest absolute Gasteiger partial charge is 0.397 e. The molecule has 3 N–H and O–H groups in total. The van der Waals surface area contributed by atoms with E-state index in [1.54, 1.807) is 12.4 Å². The first kappa shape index (κ1) is 11.5. The molecule has 0 bridgehead atoms. The van der Waals surface area contributed by atoms with Crippen LogP contribution < -0.4 is 11.1 Å². The molecule has 0 aliphatic carbocycles. The average molecular weight is 250 g/mol. The van der Waals surface area contributed by atoms with E-state index in [9.17, 15) is 0 Å². The molecule has 0 aliphatic heterocycles. The van der Waals surface area contributed by atoms with Gasteiger partial charge in [0, 0.05) is 36.2 Å². The summed E-state index contributed by atoms with van der Waals surface area (Å²) in [6.07, 6.45) is 5.39. The molecule has 0 amide bonds. The number of hydrogen-bond donors (Lipinski definition) is 2. The molecule has 0 saturated carbocycles. The number of nitrogens with one attached hydrogen (secondary N) is 1. The lowest BCUT2D eigenvalue weighted by Gasteiger charge is -2.10. The van der Waals surface area contributed by atoms with Crippen molar-refractivity contribution in [2.24, 2.45) is 0 Å². The number of anilines is 2. The minimum Gasteiger partial charge on any atom is -0.397 e. The molecule has 0 spiro atoms. The third-order valence-electron chi connectivity index (χ3n) is 3.01. The van der Waals surface area contributed by atoms with Crippen molar-refractivity contribution in [3.05, 3.63) is 60.6 Å². The van der Waals surface area contributed by atoms with Crippen molar-refractivity contribution < 1.29 is 0 Å². The van der Waals surface area contributed by atoms with Crippen LogP contribution >= 0.6 is 0 Å². The Morgan fingerprint density at radius 3 is 2.84 bits per heavy atom.